The van der Waals surface area contributed by atoms with E-state index in [4.69, 9.17) is 4.74 Å². The molecule has 0 bridgehead atoms. The number of hydrogen-bond acceptors (Lipinski definition) is 6. The number of ether oxygens (including phenoxy) is 1. The first-order valence-corrected chi connectivity index (χ1v) is 11.4. The number of likely N-dealkylation sites (tertiary alicyclic amines) is 1. The summed E-state index contributed by atoms with van der Waals surface area (Å²) in [6, 6.07) is 19.6. The Balaban J connectivity index is 1.21. The van der Waals surface area contributed by atoms with E-state index in [0.29, 0.717) is 11.1 Å². The van der Waals surface area contributed by atoms with Crippen LogP contribution in [0.25, 0.3) is 10.9 Å². The van der Waals surface area contributed by atoms with Crippen molar-refractivity contribution >= 4 is 22.5 Å². The Hall–Kier alpha value is -3.47. The van der Waals surface area contributed by atoms with Crippen molar-refractivity contribution in [1.29, 1.82) is 5.26 Å². The monoisotopic (exact) mass is 441 g/mol. The molecule has 2 saturated heterocycles. The fourth-order valence-corrected chi connectivity index (χ4v) is 4.82. The highest BCUT2D eigenvalue weighted by atomic mass is 16.5. The topological polar surface area (TPSA) is 81.5 Å². The highest BCUT2D eigenvalue weighted by Gasteiger charge is 2.33. The second-order valence-corrected chi connectivity index (χ2v) is 8.87. The quantitative estimate of drug-likeness (QED) is 0.656. The van der Waals surface area contributed by atoms with Gasteiger partial charge in [0.2, 0.25) is 0 Å². The average molecular weight is 442 g/mol. The van der Waals surface area contributed by atoms with E-state index >= 15 is 0 Å². The average Bonchev–Trinajstić information content (AvgIpc) is 2.82. The number of fused-ring (bicyclic) bond motifs is 1. The first kappa shape index (κ1) is 21.4. The first-order chi connectivity index (χ1) is 16.1. The summed E-state index contributed by atoms with van der Waals surface area (Å²) < 4.78 is 6.25. The third-order valence-corrected chi connectivity index (χ3v) is 6.32. The molecule has 0 spiro atoms. The summed E-state index contributed by atoms with van der Waals surface area (Å²) in [4.78, 5) is 21.5. The minimum Gasteiger partial charge on any atom is -0.370 e. The van der Waals surface area contributed by atoms with E-state index in [0.717, 1.165) is 49.3 Å². The van der Waals surface area contributed by atoms with Crippen LogP contribution >= 0.6 is 0 Å². The van der Waals surface area contributed by atoms with E-state index in [9.17, 15) is 10.1 Å². The number of nitriles is 1. The van der Waals surface area contributed by atoms with Crippen LogP contribution in [0, 0.1) is 11.3 Å². The summed E-state index contributed by atoms with van der Waals surface area (Å²) in [5.41, 5.74) is 3.12. The van der Waals surface area contributed by atoms with Gasteiger partial charge in [-0.05, 0) is 43.3 Å². The fraction of sp³-hybridized carbons (Fsp3) is 0.346. The lowest BCUT2D eigenvalue weighted by atomic mass is 10.0. The maximum atomic E-state index is 12.4. The normalized spacial score (nSPS) is 21.4. The number of carbonyl (C=O) groups excluding carboxylic acids is 1. The summed E-state index contributed by atoms with van der Waals surface area (Å²) in [6.07, 6.45) is 1.90. The molecule has 3 heterocycles. The maximum Gasteiger partial charge on any atom is 0.251 e. The second kappa shape index (κ2) is 9.18. The molecule has 2 aliphatic heterocycles. The highest BCUT2D eigenvalue weighted by molar-refractivity contribution is 5.95. The number of rotatable bonds is 5. The van der Waals surface area contributed by atoms with Crippen molar-refractivity contribution in [2.24, 2.45) is 0 Å². The Morgan fingerprint density at radius 1 is 1.12 bits per heavy atom. The predicted octanol–water partition coefficient (Wildman–Crippen LogP) is 2.81. The van der Waals surface area contributed by atoms with Crippen LogP contribution in [0.4, 0.5) is 5.69 Å². The number of nitrogens with one attached hydrogen (secondary N) is 1. The summed E-state index contributed by atoms with van der Waals surface area (Å²) in [5, 5.41) is 13.5. The van der Waals surface area contributed by atoms with Crippen LogP contribution in [-0.2, 0) is 4.74 Å². The van der Waals surface area contributed by atoms with Gasteiger partial charge in [0.25, 0.3) is 5.91 Å². The summed E-state index contributed by atoms with van der Waals surface area (Å²) in [6.45, 7) is 6.15. The van der Waals surface area contributed by atoms with Crippen LogP contribution in [0.1, 0.15) is 22.8 Å². The number of aromatic nitrogens is 1. The molecule has 168 valence electrons. The lowest BCUT2D eigenvalue weighted by Gasteiger charge is -2.45. The third kappa shape index (κ3) is 4.54. The zero-order valence-electron chi connectivity index (χ0n) is 18.6. The molecule has 0 saturated carbocycles. The number of carbonyl (C=O) groups is 1. The third-order valence-electron chi connectivity index (χ3n) is 6.32. The van der Waals surface area contributed by atoms with Crippen molar-refractivity contribution in [2.45, 2.75) is 25.2 Å². The molecular formula is C26H27N5O2. The van der Waals surface area contributed by atoms with E-state index in [1.807, 2.05) is 54.6 Å². The number of pyridine rings is 1. The predicted molar refractivity (Wildman–Crippen MR) is 127 cm³/mol. The molecular weight excluding hydrogens is 414 g/mol. The summed E-state index contributed by atoms with van der Waals surface area (Å²) in [5.74, 6) is -0.0183. The van der Waals surface area contributed by atoms with Crippen LogP contribution in [-0.4, -0.2) is 66.8 Å². The van der Waals surface area contributed by atoms with Gasteiger partial charge in [-0.15, -0.1) is 0 Å². The molecule has 1 amide bonds. The number of amides is 1. The Labute approximate surface area is 193 Å². The molecule has 7 heteroatoms. The molecule has 7 nitrogen and oxygen atoms in total. The molecule has 1 aromatic heterocycles. The molecule has 5 rings (SSSR count). The largest absolute Gasteiger partial charge is 0.370 e. The van der Waals surface area contributed by atoms with Gasteiger partial charge in [0.1, 0.15) is 6.07 Å². The van der Waals surface area contributed by atoms with Gasteiger partial charge in [-0.1, -0.05) is 18.2 Å². The van der Waals surface area contributed by atoms with Crippen molar-refractivity contribution in [2.75, 3.05) is 37.6 Å². The van der Waals surface area contributed by atoms with Crippen molar-refractivity contribution in [3.8, 4) is 6.07 Å². The molecule has 2 aliphatic rings. The Morgan fingerprint density at radius 2 is 1.94 bits per heavy atom. The minimum atomic E-state index is -0.0183. The van der Waals surface area contributed by atoms with Crippen LogP contribution in [0.3, 0.4) is 0 Å². The van der Waals surface area contributed by atoms with Crippen molar-refractivity contribution in [3.63, 3.8) is 0 Å². The number of nitrogens with zero attached hydrogens (tertiary/aromatic N) is 4. The van der Waals surface area contributed by atoms with E-state index in [2.05, 4.69) is 33.1 Å². The van der Waals surface area contributed by atoms with Gasteiger partial charge < -0.3 is 15.0 Å². The molecule has 33 heavy (non-hydrogen) atoms. The number of anilines is 1. The molecule has 1 N–H and O–H groups in total. The zero-order chi connectivity index (χ0) is 22.8. The first-order valence-electron chi connectivity index (χ1n) is 11.4. The minimum absolute atomic E-state index is 0.0183. The van der Waals surface area contributed by atoms with Crippen molar-refractivity contribution in [3.05, 3.63) is 71.9 Å². The molecule has 3 aromatic rings. The van der Waals surface area contributed by atoms with Crippen LogP contribution in [0.15, 0.2) is 60.8 Å². The Kier molecular flexibility index (Phi) is 5.95. The number of benzene rings is 2. The van der Waals surface area contributed by atoms with Gasteiger partial charge in [-0.25, -0.2) is 0 Å². The molecule has 0 aliphatic carbocycles. The van der Waals surface area contributed by atoms with E-state index < -0.39 is 0 Å². The second-order valence-electron chi connectivity index (χ2n) is 8.87. The standard InChI is InChI=1S/C26H27N5O2/c1-18-13-31(24-10-9-20(12-27)25-23(24)8-5-11-28-25)17-22(33-18)16-30-14-21(15-30)29-26(32)19-6-3-2-4-7-19/h2-11,18,21-22H,13-17H2,1H3,(H,29,32)/t18-,22+/m1/s1. The lowest BCUT2D eigenvalue weighted by molar-refractivity contribution is -0.0445. The van der Waals surface area contributed by atoms with Gasteiger partial charge in [0.15, 0.2) is 0 Å². The summed E-state index contributed by atoms with van der Waals surface area (Å²) in [7, 11) is 0. The molecule has 2 atom stereocenters. The molecule has 2 fully saturated rings. The van der Waals surface area contributed by atoms with Crippen LogP contribution < -0.4 is 10.2 Å². The van der Waals surface area contributed by atoms with Gasteiger partial charge in [-0.3, -0.25) is 14.7 Å². The number of morpholine rings is 1. The highest BCUT2D eigenvalue weighted by Crippen LogP contribution is 2.30. The van der Waals surface area contributed by atoms with Crippen molar-refractivity contribution < 1.29 is 9.53 Å². The smallest absolute Gasteiger partial charge is 0.251 e. The zero-order valence-corrected chi connectivity index (χ0v) is 18.6. The van der Waals surface area contributed by atoms with Crippen LogP contribution in [0.5, 0.6) is 0 Å². The Morgan fingerprint density at radius 3 is 2.73 bits per heavy atom. The summed E-state index contributed by atoms with van der Waals surface area (Å²) >= 11 is 0. The maximum absolute atomic E-state index is 12.4. The van der Waals surface area contributed by atoms with E-state index in [-0.39, 0.29) is 24.2 Å². The van der Waals surface area contributed by atoms with Crippen LogP contribution in [0.2, 0.25) is 0 Å². The molecule has 0 radical (unpaired) electrons. The SMILES string of the molecule is C[C@@H]1CN(c2ccc(C#N)c3ncccc23)C[C@H](CN2CC(NC(=O)c3ccccc3)C2)O1. The van der Waals surface area contributed by atoms with E-state index in [1.165, 1.54) is 0 Å². The fourth-order valence-electron chi connectivity index (χ4n) is 4.82. The van der Waals surface area contributed by atoms with Gasteiger partial charge in [0, 0.05) is 55.6 Å². The van der Waals surface area contributed by atoms with Gasteiger partial charge >= 0.3 is 0 Å². The molecule has 2 aromatic carbocycles. The van der Waals surface area contributed by atoms with Gasteiger partial charge in [0.05, 0.1) is 29.3 Å². The Bertz CT molecular complexity index is 1190. The number of hydrogen-bond donors (Lipinski definition) is 1. The van der Waals surface area contributed by atoms with Gasteiger partial charge in [-0.2, -0.15) is 5.26 Å². The lowest BCUT2D eigenvalue weighted by Crippen LogP contribution is -2.62. The van der Waals surface area contributed by atoms with E-state index in [1.54, 1.807) is 6.20 Å². The molecule has 0 unspecified atom stereocenters. The van der Waals surface area contributed by atoms with Crippen molar-refractivity contribution in [1.82, 2.24) is 15.2 Å².